The van der Waals surface area contributed by atoms with Crippen molar-refractivity contribution in [1.82, 2.24) is 0 Å². The van der Waals surface area contributed by atoms with E-state index < -0.39 is 0 Å². The Kier molecular flexibility index (Phi) is 5.36. The van der Waals surface area contributed by atoms with Gasteiger partial charge in [-0.25, -0.2) is 0 Å². The van der Waals surface area contributed by atoms with Crippen molar-refractivity contribution in [2.75, 3.05) is 5.32 Å². The van der Waals surface area contributed by atoms with Crippen LogP contribution in [-0.4, -0.2) is 11.2 Å². The van der Waals surface area contributed by atoms with Crippen LogP contribution in [0.15, 0.2) is 53.4 Å². The quantitative estimate of drug-likeness (QED) is 0.854. The third-order valence-electron chi connectivity index (χ3n) is 4.18. The van der Waals surface area contributed by atoms with Gasteiger partial charge in [0.1, 0.15) is 0 Å². The third-order valence-corrected chi connectivity index (χ3v) is 5.60. The van der Waals surface area contributed by atoms with Crippen LogP contribution in [0.25, 0.3) is 0 Å². The molecule has 0 aliphatic heterocycles. The zero-order chi connectivity index (χ0) is 16.1. The highest BCUT2D eigenvalue weighted by Crippen LogP contribution is 2.38. The van der Waals surface area contributed by atoms with Crippen LogP contribution in [0.5, 0.6) is 0 Å². The summed E-state index contributed by atoms with van der Waals surface area (Å²) < 4.78 is 0. The summed E-state index contributed by atoms with van der Waals surface area (Å²) in [6.07, 6.45) is 5.18. The molecule has 0 bridgehead atoms. The lowest BCUT2D eigenvalue weighted by Gasteiger charge is -2.14. The minimum absolute atomic E-state index is 0.0759. The van der Waals surface area contributed by atoms with Crippen LogP contribution in [0.4, 0.5) is 5.69 Å². The molecule has 1 amide bonds. The highest BCUT2D eigenvalue weighted by molar-refractivity contribution is 8.00. The number of nitrogens with one attached hydrogen (secondary N) is 1. The van der Waals surface area contributed by atoms with Gasteiger partial charge < -0.3 is 11.1 Å². The molecule has 120 valence electrons. The summed E-state index contributed by atoms with van der Waals surface area (Å²) in [4.78, 5) is 13.6. The minimum atomic E-state index is -0.0759. The first-order chi connectivity index (χ1) is 11.3. The molecule has 23 heavy (non-hydrogen) atoms. The van der Waals surface area contributed by atoms with Gasteiger partial charge in [-0.15, -0.1) is 11.8 Å². The van der Waals surface area contributed by atoms with Crippen molar-refractivity contribution in [3.63, 3.8) is 0 Å². The van der Waals surface area contributed by atoms with Crippen LogP contribution in [0.3, 0.4) is 0 Å². The Balaban J connectivity index is 1.72. The number of carbonyl (C=O) groups is 1. The second-order valence-corrected chi connectivity index (χ2v) is 7.22. The second kappa shape index (κ2) is 7.66. The highest BCUT2D eigenvalue weighted by atomic mass is 32.2. The van der Waals surface area contributed by atoms with E-state index in [0.717, 1.165) is 16.1 Å². The summed E-state index contributed by atoms with van der Waals surface area (Å²) in [6, 6.07) is 15.5. The Bertz CT molecular complexity index is 663. The molecular formula is C19H22N2OS. The van der Waals surface area contributed by atoms with Gasteiger partial charge in [-0.05, 0) is 42.7 Å². The van der Waals surface area contributed by atoms with Crippen molar-refractivity contribution in [2.45, 2.75) is 42.4 Å². The molecule has 0 radical (unpaired) electrons. The fourth-order valence-corrected chi connectivity index (χ4v) is 4.18. The Labute approximate surface area is 141 Å². The lowest BCUT2D eigenvalue weighted by molar-refractivity contribution is 0.102. The molecule has 2 aromatic carbocycles. The number of anilines is 1. The summed E-state index contributed by atoms with van der Waals surface area (Å²) in [5.41, 5.74) is 8.18. The van der Waals surface area contributed by atoms with Crippen LogP contribution in [0.2, 0.25) is 0 Å². The summed E-state index contributed by atoms with van der Waals surface area (Å²) in [7, 11) is 0. The number of rotatable bonds is 5. The summed E-state index contributed by atoms with van der Waals surface area (Å²) >= 11 is 1.89. The van der Waals surface area contributed by atoms with Crippen LogP contribution in [0.1, 0.15) is 41.6 Å². The molecule has 4 heteroatoms. The first kappa shape index (κ1) is 16.1. The molecule has 0 heterocycles. The van der Waals surface area contributed by atoms with E-state index >= 15 is 0 Å². The standard InChI is InChI=1S/C19H22N2OS/c20-13-14-9-11-15(12-10-14)19(22)21-17-7-3-4-8-18(17)23-16-5-1-2-6-16/h3-4,7-12,16H,1-2,5-6,13,20H2,(H,21,22). The number of benzene rings is 2. The van der Waals surface area contributed by atoms with Crippen molar-refractivity contribution < 1.29 is 4.79 Å². The normalized spacial score (nSPS) is 14.8. The van der Waals surface area contributed by atoms with E-state index in [-0.39, 0.29) is 5.91 Å². The van der Waals surface area contributed by atoms with E-state index in [4.69, 9.17) is 5.73 Å². The number of carbonyl (C=O) groups excluding carboxylic acids is 1. The highest BCUT2D eigenvalue weighted by Gasteiger charge is 2.18. The van der Waals surface area contributed by atoms with E-state index in [9.17, 15) is 4.79 Å². The fourth-order valence-electron chi connectivity index (χ4n) is 2.85. The summed E-state index contributed by atoms with van der Waals surface area (Å²) in [5, 5.41) is 3.72. The minimum Gasteiger partial charge on any atom is -0.326 e. The van der Waals surface area contributed by atoms with Gasteiger partial charge >= 0.3 is 0 Å². The van der Waals surface area contributed by atoms with Gasteiger partial charge in [-0.1, -0.05) is 37.1 Å². The van der Waals surface area contributed by atoms with Gasteiger partial charge in [0.25, 0.3) is 5.91 Å². The molecule has 3 rings (SSSR count). The molecule has 1 aliphatic carbocycles. The van der Waals surface area contributed by atoms with E-state index in [1.165, 1.54) is 25.7 Å². The van der Waals surface area contributed by atoms with E-state index in [1.54, 1.807) is 0 Å². The summed E-state index contributed by atoms with van der Waals surface area (Å²) in [6.45, 7) is 0.489. The molecule has 1 aliphatic rings. The first-order valence-electron chi connectivity index (χ1n) is 8.12. The SMILES string of the molecule is NCc1ccc(C(=O)Nc2ccccc2SC2CCCC2)cc1. The zero-order valence-electron chi connectivity index (χ0n) is 13.1. The molecule has 0 aromatic heterocycles. The van der Waals surface area contributed by atoms with Crippen LogP contribution >= 0.6 is 11.8 Å². The number of thioether (sulfide) groups is 1. The maximum Gasteiger partial charge on any atom is 0.255 e. The number of amides is 1. The monoisotopic (exact) mass is 326 g/mol. The number of hydrogen-bond acceptors (Lipinski definition) is 3. The molecular weight excluding hydrogens is 304 g/mol. The number of nitrogens with two attached hydrogens (primary N) is 1. The maximum atomic E-state index is 12.5. The van der Waals surface area contributed by atoms with Crippen molar-refractivity contribution in [3.8, 4) is 0 Å². The molecule has 0 spiro atoms. The molecule has 0 unspecified atom stereocenters. The van der Waals surface area contributed by atoms with E-state index in [1.807, 2.05) is 54.2 Å². The molecule has 1 fully saturated rings. The average Bonchev–Trinajstić information content (AvgIpc) is 3.10. The Morgan fingerprint density at radius 2 is 1.78 bits per heavy atom. The van der Waals surface area contributed by atoms with Gasteiger partial charge in [0, 0.05) is 22.3 Å². The third kappa shape index (κ3) is 4.15. The Morgan fingerprint density at radius 1 is 1.09 bits per heavy atom. The number of hydrogen-bond donors (Lipinski definition) is 2. The first-order valence-corrected chi connectivity index (χ1v) is 9.00. The average molecular weight is 326 g/mol. The Hall–Kier alpha value is -1.78. The molecule has 0 atom stereocenters. The van der Waals surface area contributed by atoms with Crippen molar-refractivity contribution in [1.29, 1.82) is 0 Å². The summed E-state index contributed by atoms with van der Waals surface area (Å²) in [5.74, 6) is -0.0759. The molecule has 1 saturated carbocycles. The molecule has 0 saturated heterocycles. The van der Waals surface area contributed by atoms with Gasteiger partial charge in [0.2, 0.25) is 0 Å². The lowest BCUT2D eigenvalue weighted by Crippen LogP contribution is -2.13. The van der Waals surface area contributed by atoms with Crippen LogP contribution in [0, 0.1) is 0 Å². The molecule has 3 N–H and O–H groups in total. The van der Waals surface area contributed by atoms with E-state index in [0.29, 0.717) is 17.4 Å². The second-order valence-electron chi connectivity index (χ2n) is 5.88. The van der Waals surface area contributed by atoms with Gasteiger partial charge in [0.05, 0.1) is 5.69 Å². The molecule has 2 aromatic rings. The van der Waals surface area contributed by atoms with Gasteiger partial charge in [-0.2, -0.15) is 0 Å². The topological polar surface area (TPSA) is 55.1 Å². The molecule has 3 nitrogen and oxygen atoms in total. The largest absolute Gasteiger partial charge is 0.326 e. The van der Waals surface area contributed by atoms with Crippen LogP contribution < -0.4 is 11.1 Å². The number of para-hydroxylation sites is 1. The predicted octanol–water partition coefficient (Wildman–Crippen LogP) is 4.43. The Morgan fingerprint density at radius 3 is 2.48 bits per heavy atom. The predicted molar refractivity (Wildman–Crippen MR) is 96.8 cm³/mol. The van der Waals surface area contributed by atoms with Gasteiger partial charge in [0.15, 0.2) is 0 Å². The van der Waals surface area contributed by atoms with Crippen LogP contribution in [-0.2, 0) is 6.54 Å². The zero-order valence-corrected chi connectivity index (χ0v) is 13.9. The smallest absolute Gasteiger partial charge is 0.255 e. The maximum absolute atomic E-state index is 12.5. The fraction of sp³-hybridized carbons (Fsp3) is 0.316. The van der Waals surface area contributed by atoms with Crippen molar-refractivity contribution in [3.05, 3.63) is 59.7 Å². The van der Waals surface area contributed by atoms with Crippen molar-refractivity contribution in [2.24, 2.45) is 5.73 Å². The lowest BCUT2D eigenvalue weighted by atomic mass is 10.1. The van der Waals surface area contributed by atoms with Gasteiger partial charge in [-0.3, -0.25) is 4.79 Å². The van der Waals surface area contributed by atoms with E-state index in [2.05, 4.69) is 11.4 Å². The van der Waals surface area contributed by atoms with Crippen molar-refractivity contribution >= 4 is 23.4 Å².